The first-order chi connectivity index (χ1) is 8.88. The summed E-state index contributed by atoms with van der Waals surface area (Å²) in [6, 6.07) is 8.15. The Morgan fingerprint density at radius 1 is 0.947 bits per heavy atom. The van der Waals surface area contributed by atoms with Gasteiger partial charge < -0.3 is 9.47 Å². The normalized spacial score (nSPS) is 11.9. The first kappa shape index (κ1) is 23.0. The number of ether oxygens (including phenoxy) is 2. The third kappa shape index (κ3) is 8.58. The van der Waals surface area contributed by atoms with Crippen LogP contribution in [0.15, 0.2) is 24.3 Å². The molecule has 94 valence electrons. The van der Waals surface area contributed by atoms with Crippen molar-refractivity contribution in [1.82, 2.24) is 0 Å². The van der Waals surface area contributed by atoms with Crippen molar-refractivity contribution >= 4 is 0 Å². The van der Waals surface area contributed by atoms with Gasteiger partial charge in [-0.1, -0.05) is 24.3 Å². The molecule has 0 aliphatic carbocycles. The molecular formula is C13H12CrO5+6. The fraction of sp³-hybridized carbons (Fsp3) is 0.308. The van der Waals surface area contributed by atoms with E-state index in [0.717, 1.165) is 5.56 Å². The van der Waals surface area contributed by atoms with Gasteiger partial charge in [0.25, 0.3) is 0 Å². The maximum atomic E-state index is 7.50. The van der Waals surface area contributed by atoms with Crippen LogP contribution in [0.4, 0.5) is 0 Å². The molecule has 0 radical (unpaired) electrons. The van der Waals surface area contributed by atoms with Gasteiger partial charge in [-0.05, 0) is 12.5 Å². The van der Waals surface area contributed by atoms with E-state index in [1.165, 1.54) is 5.56 Å². The molecule has 5 nitrogen and oxygen atoms in total. The fourth-order valence-corrected chi connectivity index (χ4v) is 1.39. The summed E-state index contributed by atoms with van der Waals surface area (Å²) in [5, 5.41) is 0. The van der Waals surface area contributed by atoms with Gasteiger partial charge >= 0.3 is 51.3 Å². The van der Waals surface area contributed by atoms with Crippen molar-refractivity contribution in [2.24, 2.45) is 0 Å². The van der Waals surface area contributed by atoms with Crippen molar-refractivity contribution in [2.75, 3.05) is 13.2 Å². The Bertz CT molecular complexity index is 366. The average Bonchev–Trinajstić information content (AvgIpc) is 3.00. The molecule has 0 amide bonds. The largest absolute Gasteiger partial charge is 6.00 e. The van der Waals surface area contributed by atoms with Crippen LogP contribution in [0, 0.1) is 26.9 Å². The summed E-state index contributed by atoms with van der Waals surface area (Å²) in [5.41, 5.74) is 2.37. The van der Waals surface area contributed by atoms with E-state index in [1.807, 2.05) is 18.2 Å². The number of hydrogen-bond donors (Lipinski definition) is 0. The predicted octanol–water partition coefficient (Wildman–Crippen LogP) is 1.93. The van der Waals surface area contributed by atoms with Gasteiger partial charge in [-0.2, -0.15) is 0 Å². The third-order valence-electron chi connectivity index (χ3n) is 2.06. The fourth-order valence-electron chi connectivity index (χ4n) is 1.39. The molecule has 1 aliphatic heterocycles. The Morgan fingerprint density at radius 2 is 1.37 bits per heavy atom. The summed E-state index contributed by atoms with van der Waals surface area (Å²) < 4.78 is 33.3. The molecule has 0 unspecified atom stereocenters. The smallest absolute Gasteiger partial charge is 6.00 e. The van der Waals surface area contributed by atoms with Crippen LogP contribution in [-0.4, -0.2) is 13.2 Å². The van der Waals surface area contributed by atoms with E-state index >= 15 is 0 Å². The average molecular weight is 300 g/mol. The molecule has 1 aromatic rings. The summed E-state index contributed by atoms with van der Waals surface area (Å²) in [4.78, 5) is 0. The zero-order valence-electron chi connectivity index (χ0n) is 10.3. The van der Waals surface area contributed by atoms with Gasteiger partial charge in [0, 0.05) is 5.56 Å². The molecular weight excluding hydrogens is 288 g/mol. The van der Waals surface area contributed by atoms with E-state index in [1.54, 1.807) is 0 Å². The molecule has 1 aliphatic rings. The Kier molecular flexibility index (Phi) is 20.5. The Balaban J connectivity index is -0.000000325. The van der Waals surface area contributed by atoms with E-state index in [-0.39, 0.29) is 23.7 Å². The van der Waals surface area contributed by atoms with Crippen molar-refractivity contribution in [3.05, 3.63) is 55.3 Å². The SMILES string of the molecule is Cc1ccccc1C1OCCO1.[C-]#[O+].[C-]#[O+].[C-]#[O+].[Cr+6]. The second-order valence-electron chi connectivity index (χ2n) is 2.93. The van der Waals surface area contributed by atoms with E-state index in [0.29, 0.717) is 13.2 Å². The minimum Gasteiger partial charge on any atom is 6.00 e. The predicted molar refractivity (Wildman–Crippen MR) is 57.6 cm³/mol. The number of benzene rings is 1. The van der Waals surface area contributed by atoms with Crippen molar-refractivity contribution < 1.29 is 40.8 Å². The van der Waals surface area contributed by atoms with Crippen molar-refractivity contribution in [3.8, 4) is 0 Å². The van der Waals surface area contributed by atoms with Gasteiger partial charge in [-0.3, -0.25) is 0 Å². The molecule has 0 atom stereocenters. The Morgan fingerprint density at radius 3 is 1.79 bits per heavy atom. The molecule has 1 heterocycles. The van der Waals surface area contributed by atoms with Gasteiger partial charge in [-0.15, -0.1) is 0 Å². The maximum absolute atomic E-state index is 7.50. The summed E-state index contributed by atoms with van der Waals surface area (Å²) >= 11 is 0. The van der Waals surface area contributed by atoms with Crippen molar-refractivity contribution in [3.63, 3.8) is 0 Å². The van der Waals surface area contributed by atoms with Crippen LogP contribution in [0.3, 0.4) is 0 Å². The molecule has 0 aromatic heterocycles. The monoisotopic (exact) mass is 300 g/mol. The molecule has 1 fully saturated rings. The molecule has 2 rings (SSSR count). The zero-order chi connectivity index (χ0) is 14.4. The number of rotatable bonds is 1. The number of hydrogen-bond acceptors (Lipinski definition) is 2. The zero-order valence-corrected chi connectivity index (χ0v) is 11.5. The van der Waals surface area contributed by atoms with Crippen molar-refractivity contribution in [2.45, 2.75) is 13.2 Å². The third-order valence-corrected chi connectivity index (χ3v) is 2.06. The van der Waals surface area contributed by atoms with Crippen LogP contribution in [0.5, 0.6) is 0 Å². The van der Waals surface area contributed by atoms with E-state index in [9.17, 15) is 0 Å². The summed E-state index contributed by atoms with van der Waals surface area (Å²) in [7, 11) is 0. The molecule has 6 heteroatoms. The van der Waals surface area contributed by atoms with Crippen molar-refractivity contribution in [1.29, 1.82) is 0 Å². The van der Waals surface area contributed by atoms with Crippen LogP contribution in [0.1, 0.15) is 17.4 Å². The van der Waals surface area contributed by atoms with Crippen LogP contribution < -0.4 is 0 Å². The second kappa shape index (κ2) is 16.9. The molecule has 0 bridgehead atoms. The van der Waals surface area contributed by atoms with Gasteiger partial charge in [0.1, 0.15) is 0 Å². The quantitative estimate of drug-likeness (QED) is 0.587. The second-order valence-corrected chi connectivity index (χ2v) is 2.93. The molecule has 0 spiro atoms. The first-order valence-electron chi connectivity index (χ1n) is 4.78. The van der Waals surface area contributed by atoms with Crippen LogP contribution in [-0.2, 0) is 40.8 Å². The van der Waals surface area contributed by atoms with Crippen LogP contribution >= 0.6 is 0 Å². The summed E-state index contributed by atoms with van der Waals surface area (Å²) in [6.45, 7) is 17.0. The van der Waals surface area contributed by atoms with Crippen LogP contribution in [0.25, 0.3) is 0 Å². The van der Waals surface area contributed by atoms with Gasteiger partial charge in [-0.25, -0.2) is 0 Å². The first-order valence-corrected chi connectivity index (χ1v) is 4.78. The standard InChI is InChI=1S/C10H12O2.3CO.Cr/c1-8-4-2-3-5-9(8)10-11-6-7-12-10;3*1-2;/h2-5,10H,6-7H2,1H3;;;;/q;;;;+6. The topological polar surface area (TPSA) is 78.2 Å². The summed E-state index contributed by atoms with van der Waals surface area (Å²) in [6.07, 6.45) is -0.133. The van der Waals surface area contributed by atoms with E-state index < -0.39 is 0 Å². The Hall–Kier alpha value is -1.11. The van der Waals surface area contributed by atoms with Gasteiger partial charge in [0.05, 0.1) is 13.2 Å². The van der Waals surface area contributed by atoms with Crippen LogP contribution in [0.2, 0.25) is 0 Å². The van der Waals surface area contributed by atoms with E-state index in [2.05, 4.69) is 32.9 Å². The minimum absolute atomic E-state index is 0. The molecule has 0 saturated carbocycles. The number of aryl methyl sites for hydroxylation is 1. The molecule has 19 heavy (non-hydrogen) atoms. The van der Waals surface area contributed by atoms with Gasteiger partial charge in [0.2, 0.25) is 0 Å². The van der Waals surface area contributed by atoms with E-state index in [4.69, 9.17) is 23.4 Å². The minimum atomic E-state index is -0.133. The molecule has 0 N–H and O–H groups in total. The maximum Gasteiger partial charge on any atom is 6.00 e. The molecule has 1 saturated heterocycles. The summed E-state index contributed by atoms with van der Waals surface area (Å²) in [5.74, 6) is 0. The Labute approximate surface area is 123 Å². The molecule has 1 aromatic carbocycles. The van der Waals surface area contributed by atoms with Gasteiger partial charge in [0.15, 0.2) is 6.29 Å².